The van der Waals surface area contributed by atoms with E-state index >= 15 is 0 Å². The van der Waals surface area contributed by atoms with Gasteiger partial charge >= 0.3 is 5.97 Å². The van der Waals surface area contributed by atoms with Gasteiger partial charge in [0, 0.05) is 23.3 Å². The van der Waals surface area contributed by atoms with Gasteiger partial charge < -0.3 is 18.9 Å². The van der Waals surface area contributed by atoms with Crippen LogP contribution in [0.1, 0.15) is 25.7 Å². The van der Waals surface area contributed by atoms with Gasteiger partial charge in [-0.3, -0.25) is 4.79 Å². The van der Waals surface area contributed by atoms with E-state index in [0.29, 0.717) is 6.61 Å². The topological polar surface area (TPSA) is 54.0 Å². The fourth-order valence-corrected chi connectivity index (χ4v) is 4.90. The molecule has 148 valence electrons. The number of rotatable bonds is 4. The zero-order valence-electron chi connectivity index (χ0n) is 15.9. The molecule has 2 saturated heterocycles. The highest BCUT2D eigenvalue weighted by Gasteiger charge is 2.49. The number of benzene rings is 2. The van der Waals surface area contributed by atoms with Crippen LogP contribution in [0.5, 0.6) is 0 Å². The van der Waals surface area contributed by atoms with Gasteiger partial charge in [-0.05, 0) is 12.1 Å². The Morgan fingerprint density at radius 3 is 2.39 bits per heavy atom. The molecule has 6 heteroatoms. The second kappa shape index (κ2) is 8.66. The van der Waals surface area contributed by atoms with Crippen LogP contribution in [0, 0.1) is 5.92 Å². The molecule has 0 aliphatic carbocycles. The van der Waals surface area contributed by atoms with Crippen molar-refractivity contribution in [3.63, 3.8) is 0 Å². The number of esters is 1. The lowest BCUT2D eigenvalue weighted by molar-refractivity contribution is -0.308. The summed E-state index contributed by atoms with van der Waals surface area (Å²) in [5, 5.41) is 0. The molecule has 2 aliphatic heterocycles. The molecule has 0 amide bonds. The Hall–Kier alpha value is -1.86. The predicted molar refractivity (Wildman–Crippen MR) is 106 cm³/mol. The molecular weight excluding hydrogens is 376 g/mol. The van der Waals surface area contributed by atoms with Gasteiger partial charge in [0.2, 0.25) is 0 Å². The first-order valence-electron chi connectivity index (χ1n) is 9.48. The van der Waals surface area contributed by atoms with E-state index in [1.807, 2.05) is 60.7 Å². The lowest BCUT2D eigenvalue weighted by Gasteiger charge is -2.48. The summed E-state index contributed by atoms with van der Waals surface area (Å²) in [6, 6.07) is 19.8. The second-order valence-corrected chi connectivity index (χ2v) is 8.26. The van der Waals surface area contributed by atoms with E-state index in [4.69, 9.17) is 18.9 Å². The summed E-state index contributed by atoms with van der Waals surface area (Å²) in [5.41, 5.74) is 0.654. The van der Waals surface area contributed by atoms with Crippen molar-refractivity contribution in [1.82, 2.24) is 0 Å². The molecule has 5 nitrogen and oxygen atoms in total. The van der Waals surface area contributed by atoms with E-state index in [9.17, 15) is 4.79 Å². The van der Waals surface area contributed by atoms with E-state index < -0.39 is 12.4 Å². The Kier molecular flexibility index (Phi) is 6.01. The van der Waals surface area contributed by atoms with Gasteiger partial charge in [-0.15, -0.1) is 0 Å². The second-order valence-electron chi connectivity index (χ2n) is 7.08. The number of ether oxygens (including phenoxy) is 4. The molecule has 2 aromatic rings. The number of carbonyl (C=O) groups excluding carboxylic acids is 1. The number of hydrogen-bond acceptors (Lipinski definition) is 6. The molecule has 0 spiro atoms. The van der Waals surface area contributed by atoms with Gasteiger partial charge in [0.1, 0.15) is 17.6 Å². The molecule has 2 aliphatic rings. The molecule has 6 atom stereocenters. The van der Waals surface area contributed by atoms with Crippen molar-refractivity contribution in [3.05, 3.63) is 66.2 Å². The van der Waals surface area contributed by atoms with Crippen LogP contribution in [0.25, 0.3) is 0 Å². The van der Waals surface area contributed by atoms with Crippen LogP contribution in [-0.4, -0.2) is 36.3 Å². The highest BCUT2D eigenvalue weighted by molar-refractivity contribution is 7.99. The van der Waals surface area contributed by atoms with Crippen molar-refractivity contribution >= 4 is 17.7 Å². The van der Waals surface area contributed by atoms with Gasteiger partial charge in [0.25, 0.3) is 0 Å². The number of thioether (sulfide) groups is 1. The minimum Gasteiger partial charge on any atom is -0.458 e. The van der Waals surface area contributed by atoms with Crippen LogP contribution in [0.15, 0.2) is 65.6 Å². The fourth-order valence-electron chi connectivity index (χ4n) is 3.68. The van der Waals surface area contributed by atoms with E-state index in [1.54, 1.807) is 11.8 Å². The smallest absolute Gasteiger partial charge is 0.303 e. The minimum atomic E-state index is -0.440. The van der Waals surface area contributed by atoms with Gasteiger partial charge in [-0.25, -0.2) is 0 Å². The standard InChI is InChI=1S/C22H24O5S/c1-14-19-18(13-24-21(27-19)16-9-5-3-6-10-16)26-22(20(14)25-15(2)23)28-17-11-7-4-8-12-17/h3-12,14,18-22H,13H2,1-2H3/t14?,18?,19-,20+,21?,22+/m1/s1. The van der Waals surface area contributed by atoms with Crippen molar-refractivity contribution in [2.24, 2.45) is 5.92 Å². The van der Waals surface area contributed by atoms with Crippen LogP contribution in [0.4, 0.5) is 0 Å². The average molecular weight is 400 g/mol. The Labute approximate surface area is 169 Å². The van der Waals surface area contributed by atoms with E-state index in [2.05, 4.69) is 6.92 Å². The average Bonchev–Trinajstić information content (AvgIpc) is 2.72. The van der Waals surface area contributed by atoms with Crippen LogP contribution in [-0.2, 0) is 23.7 Å². The van der Waals surface area contributed by atoms with E-state index in [0.717, 1.165) is 10.5 Å². The highest BCUT2D eigenvalue weighted by Crippen LogP contribution is 2.42. The molecule has 4 rings (SSSR count). The predicted octanol–water partition coefficient (Wildman–Crippen LogP) is 4.19. The molecule has 0 aromatic heterocycles. The number of hydrogen-bond donors (Lipinski definition) is 0. The first kappa shape index (κ1) is 19.5. The molecule has 0 N–H and O–H groups in total. The maximum Gasteiger partial charge on any atom is 0.303 e. The van der Waals surface area contributed by atoms with Crippen LogP contribution in [0.2, 0.25) is 0 Å². The molecule has 2 heterocycles. The maximum absolute atomic E-state index is 11.7. The van der Waals surface area contributed by atoms with Crippen LogP contribution >= 0.6 is 11.8 Å². The third-order valence-corrected chi connectivity index (χ3v) is 6.20. The summed E-state index contributed by atoms with van der Waals surface area (Å²) in [5.74, 6) is -0.344. The van der Waals surface area contributed by atoms with Crippen molar-refractivity contribution in [2.45, 2.75) is 48.8 Å². The summed E-state index contributed by atoms with van der Waals surface area (Å²) in [4.78, 5) is 12.8. The number of fused-ring (bicyclic) bond motifs is 1. The lowest BCUT2D eigenvalue weighted by atomic mass is 9.90. The normalized spacial score (nSPS) is 32.4. The SMILES string of the molecule is CC(=O)O[C@H]1C(C)[C@H]2OC(c3ccccc3)OCC2O[C@H]1Sc1ccccc1. The summed E-state index contributed by atoms with van der Waals surface area (Å²) in [6.07, 6.45) is -1.26. The maximum atomic E-state index is 11.7. The summed E-state index contributed by atoms with van der Waals surface area (Å²) in [6.45, 7) is 3.92. The fraction of sp³-hybridized carbons (Fsp3) is 0.409. The molecular formula is C22H24O5S. The van der Waals surface area contributed by atoms with Gasteiger partial charge in [0.05, 0.1) is 12.7 Å². The zero-order chi connectivity index (χ0) is 19.5. The summed E-state index contributed by atoms with van der Waals surface area (Å²) >= 11 is 1.56. The van der Waals surface area contributed by atoms with Gasteiger partial charge in [-0.1, -0.05) is 67.2 Å². The molecule has 2 fully saturated rings. The van der Waals surface area contributed by atoms with Crippen molar-refractivity contribution in [3.8, 4) is 0 Å². The van der Waals surface area contributed by atoms with E-state index in [-0.39, 0.29) is 29.5 Å². The zero-order valence-corrected chi connectivity index (χ0v) is 16.7. The Morgan fingerprint density at radius 1 is 1.04 bits per heavy atom. The van der Waals surface area contributed by atoms with Crippen LogP contribution < -0.4 is 0 Å². The Balaban J connectivity index is 1.53. The Morgan fingerprint density at radius 2 is 1.71 bits per heavy atom. The quantitative estimate of drug-likeness (QED) is 0.718. The van der Waals surface area contributed by atoms with Crippen molar-refractivity contribution in [1.29, 1.82) is 0 Å². The molecule has 3 unspecified atom stereocenters. The lowest BCUT2D eigenvalue weighted by Crippen LogP contribution is -2.58. The summed E-state index contributed by atoms with van der Waals surface area (Å²) in [7, 11) is 0. The summed E-state index contributed by atoms with van der Waals surface area (Å²) < 4.78 is 24.2. The molecule has 0 radical (unpaired) electrons. The third-order valence-electron chi connectivity index (χ3n) is 5.04. The number of carbonyl (C=O) groups is 1. The molecule has 0 bridgehead atoms. The molecule has 28 heavy (non-hydrogen) atoms. The van der Waals surface area contributed by atoms with Gasteiger partial charge in [0.15, 0.2) is 6.29 Å². The van der Waals surface area contributed by atoms with Crippen molar-refractivity contribution < 1.29 is 23.7 Å². The van der Waals surface area contributed by atoms with Gasteiger partial charge in [-0.2, -0.15) is 0 Å². The first-order chi connectivity index (χ1) is 13.6. The molecule has 2 aromatic carbocycles. The largest absolute Gasteiger partial charge is 0.458 e. The third kappa shape index (κ3) is 4.25. The highest BCUT2D eigenvalue weighted by atomic mass is 32.2. The first-order valence-corrected chi connectivity index (χ1v) is 10.4. The monoisotopic (exact) mass is 400 g/mol. The minimum absolute atomic E-state index is 0.0287. The Bertz CT molecular complexity index is 784. The van der Waals surface area contributed by atoms with Crippen molar-refractivity contribution in [2.75, 3.05) is 6.61 Å². The van der Waals surface area contributed by atoms with Crippen LogP contribution in [0.3, 0.4) is 0 Å². The van der Waals surface area contributed by atoms with E-state index in [1.165, 1.54) is 6.92 Å². The molecule has 0 saturated carbocycles.